The fourth-order valence-electron chi connectivity index (χ4n) is 3.45. The van der Waals surface area contributed by atoms with Crippen LogP contribution in [0.2, 0.25) is 0 Å². The topological polar surface area (TPSA) is 49.3 Å². The molecule has 0 saturated heterocycles. The van der Waals surface area contributed by atoms with Crippen molar-refractivity contribution in [2.24, 2.45) is 5.92 Å². The number of amides is 1. The largest absolute Gasteiger partial charge is 0.385 e. The molecular formula is C20H23NO2. The first kappa shape index (κ1) is 15.8. The van der Waals surface area contributed by atoms with Crippen LogP contribution < -0.4 is 5.32 Å². The Balaban J connectivity index is 1.71. The lowest BCUT2D eigenvalue weighted by atomic mass is 9.92. The molecule has 2 aromatic rings. The smallest absolute Gasteiger partial charge is 0.223 e. The van der Waals surface area contributed by atoms with Crippen LogP contribution in [0.15, 0.2) is 54.6 Å². The molecule has 3 nitrogen and oxygen atoms in total. The summed E-state index contributed by atoms with van der Waals surface area (Å²) in [4.78, 5) is 12.5. The van der Waals surface area contributed by atoms with Gasteiger partial charge in [0.15, 0.2) is 0 Å². The number of hydrogen-bond donors (Lipinski definition) is 2. The van der Waals surface area contributed by atoms with Gasteiger partial charge in [0, 0.05) is 0 Å². The molecule has 0 fully saturated rings. The first-order valence-corrected chi connectivity index (χ1v) is 8.12. The number of carbonyl (C=O) groups is 1. The summed E-state index contributed by atoms with van der Waals surface area (Å²) in [5, 5.41) is 13.7. The second-order valence-electron chi connectivity index (χ2n) is 6.74. The summed E-state index contributed by atoms with van der Waals surface area (Å²) in [6.07, 6.45) is 1.04. The van der Waals surface area contributed by atoms with E-state index in [0.29, 0.717) is 5.92 Å². The highest BCUT2D eigenvalue weighted by atomic mass is 16.3. The van der Waals surface area contributed by atoms with Crippen LogP contribution in [-0.4, -0.2) is 11.0 Å². The Bertz CT molecular complexity index is 694. The molecule has 2 N–H and O–H groups in total. The number of aliphatic hydroxyl groups is 1. The highest BCUT2D eigenvalue weighted by Gasteiger charge is 2.32. The number of fused-ring (bicyclic) bond motifs is 1. The Hall–Kier alpha value is -2.13. The van der Waals surface area contributed by atoms with Crippen molar-refractivity contribution in [1.82, 2.24) is 5.32 Å². The van der Waals surface area contributed by atoms with E-state index in [2.05, 4.69) is 24.4 Å². The van der Waals surface area contributed by atoms with Crippen LogP contribution in [0.25, 0.3) is 0 Å². The summed E-state index contributed by atoms with van der Waals surface area (Å²) in [5.41, 5.74) is 2.11. The van der Waals surface area contributed by atoms with Gasteiger partial charge in [0.05, 0.1) is 18.1 Å². The second-order valence-corrected chi connectivity index (χ2v) is 6.74. The third-order valence-corrected chi connectivity index (χ3v) is 4.72. The van der Waals surface area contributed by atoms with Crippen molar-refractivity contribution in [2.75, 3.05) is 0 Å². The number of hydrogen-bond acceptors (Lipinski definition) is 2. The maximum absolute atomic E-state index is 12.5. The molecule has 1 aliphatic rings. The van der Waals surface area contributed by atoms with Gasteiger partial charge in [-0.15, -0.1) is 0 Å². The molecule has 3 heteroatoms. The van der Waals surface area contributed by atoms with Gasteiger partial charge in [0.2, 0.25) is 5.91 Å². The number of nitrogens with one attached hydrogen (secondary N) is 1. The van der Waals surface area contributed by atoms with Crippen LogP contribution in [0.3, 0.4) is 0 Å². The van der Waals surface area contributed by atoms with Crippen LogP contribution in [-0.2, 0) is 16.8 Å². The maximum atomic E-state index is 12.5. The molecule has 2 aromatic carbocycles. The van der Waals surface area contributed by atoms with Gasteiger partial charge in [-0.05, 0) is 36.0 Å². The van der Waals surface area contributed by atoms with Crippen molar-refractivity contribution in [3.8, 4) is 0 Å². The molecule has 0 bridgehead atoms. The quantitative estimate of drug-likeness (QED) is 0.910. The Morgan fingerprint density at radius 3 is 2.57 bits per heavy atom. The third kappa shape index (κ3) is 3.30. The van der Waals surface area contributed by atoms with Gasteiger partial charge in [-0.1, -0.05) is 61.5 Å². The first-order valence-electron chi connectivity index (χ1n) is 8.12. The first-order chi connectivity index (χ1) is 11.0. The minimum absolute atomic E-state index is 0.0327. The van der Waals surface area contributed by atoms with Crippen molar-refractivity contribution < 1.29 is 9.90 Å². The SMILES string of the molecule is CC1Cc2ccccc2C1NC(=O)CC(C)(O)c1ccccc1. The highest BCUT2D eigenvalue weighted by Crippen LogP contribution is 2.36. The molecule has 1 amide bonds. The van der Waals surface area contributed by atoms with Crippen molar-refractivity contribution in [2.45, 2.75) is 38.3 Å². The zero-order chi connectivity index (χ0) is 16.4. The monoisotopic (exact) mass is 309 g/mol. The van der Waals surface area contributed by atoms with Crippen molar-refractivity contribution in [3.05, 3.63) is 71.3 Å². The van der Waals surface area contributed by atoms with Crippen LogP contribution in [0.1, 0.15) is 43.0 Å². The Morgan fingerprint density at radius 2 is 1.83 bits per heavy atom. The fraction of sp³-hybridized carbons (Fsp3) is 0.350. The second kappa shape index (κ2) is 6.17. The molecule has 0 heterocycles. The molecular weight excluding hydrogens is 286 g/mol. The molecule has 120 valence electrons. The summed E-state index contributed by atoms with van der Waals surface area (Å²) in [5.74, 6) is 0.255. The van der Waals surface area contributed by atoms with E-state index in [1.165, 1.54) is 11.1 Å². The van der Waals surface area contributed by atoms with Gasteiger partial charge in [0.1, 0.15) is 0 Å². The molecule has 0 saturated carbocycles. The molecule has 0 radical (unpaired) electrons. The third-order valence-electron chi connectivity index (χ3n) is 4.72. The maximum Gasteiger partial charge on any atom is 0.223 e. The molecule has 0 aliphatic heterocycles. The van der Waals surface area contributed by atoms with E-state index >= 15 is 0 Å². The van der Waals surface area contributed by atoms with E-state index < -0.39 is 5.60 Å². The summed E-state index contributed by atoms with van der Waals surface area (Å²) >= 11 is 0. The van der Waals surface area contributed by atoms with E-state index in [1.807, 2.05) is 42.5 Å². The van der Waals surface area contributed by atoms with E-state index in [0.717, 1.165) is 12.0 Å². The predicted molar refractivity (Wildman–Crippen MR) is 90.8 cm³/mol. The van der Waals surface area contributed by atoms with Gasteiger partial charge in [-0.3, -0.25) is 4.79 Å². The Morgan fingerprint density at radius 1 is 1.17 bits per heavy atom. The molecule has 0 spiro atoms. The van der Waals surface area contributed by atoms with Gasteiger partial charge < -0.3 is 10.4 Å². The minimum atomic E-state index is -1.16. The summed E-state index contributed by atoms with van der Waals surface area (Å²) in [6, 6.07) is 17.6. The minimum Gasteiger partial charge on any atom is -0.385 e. The molecule has 0 aromatic heterocycles. The van der Waals surface area contributed by atoms with Crippen LogP contribution in [0.4, 0.5) is 0 Å². The normalized spacial score (nSPS) is 22.2. The predicted octanol–water partition coefficient (Wildman–Crippen LogP) is 3.33. The Kier molecular flexibility index (Phi) is 4.22. The van der Waals surface area contributed by atoms with E-state index in [9.17, 15) is 9.90 Å². The lowest BCUT2D eigenvalue weighted by Crippen LogP contribution is -2.36. The average Bonchev–Trinajstić information content (AvgIpc) is 2.84. The zero-order valence-electron chi connectivity index (χ0n) is 13.6. The standard InChI is InChI=1S/C20H23NO2/c1-14-12-15-8-6-7-11-17(15)19(14)21-18(22)13-20(2,23)16-9-4-3-5-10-16/h3-11,14,19,23H,12-13H2,1-2H3,(H,21,22). The zero-order valence-corrected chi connectivity index (χ0v) is 13.6. The van der Waals surface area contributed by atoms with Crippen LogP contribution in [0.5, 0.6) is 0 Å². The van der Waals surface area contributed by atoms with Crippen LogP contribution >= 0.6 is 0 Å². The number of carbonyl (C=O) groups excluding carboxylic acids is 1. The molecule has 3 atom stereocenters. The summed E-state index contributed by atoms with van der Waals surface area (Å²) in [6.45, 7) is 3.84. The van der Waals surface area contributed by atoms with E-state index in [1.54, 1.807) is 6.92 Å². The fourth-order valence-corrected chi connectivity index (χ4v) is 3.45. The summed E-state index contributed by atoms with van der Waals surface area (Å²) < 4.78 is 0. The van der Waals surface area contributed by atoms with E-state index in [-0.39, 0.29) is 18.4 Å². The molecule has 1 aliphatic carbocycles. The summed E-state index contributed by atoms with van der Waals surface area (Å²) in [7, 11) is 0. The molecule has 3 unspecified atom stereocenters. The van der Waals surface area contributed by atoms with Crippen molar-refractivity contribution in [1.29, 1.82) is 0 Å². The van der Waals surface area contributed by atoms with E-state index in [4.69, 9.17) is 0 Å². The van der Waals surface area contributed by atoms with Gasteiger partial charge >= 0.3 is 0 Å². The highest BCUT2D eigenvalue weighted by molar-refractivity contribution is 5.78. The van der Waals surface area contributed by atoms with Crippen molar-refractivity contribution in [3.63, 3.8) is 0 Å². The number of benzene rings is 2. The molecule has 23 heavy (non-hydrogen) atoms. The lowest BCUT2D eigenvalue weighted by molar-refractivity contribution is -0.126. The van der Waals surface area contributed by atoms with Gasteiger partial charge in [0.25, 0.3) is 0 Å². The number of rotatable bonds is 4. The Labute approximate surface area is 137 Å². The average molecular weight is 309 g/mol. The van der Waals surface area contributed by atoms with Gasteiger partial charge in [-0.25, -0.2) is 0 Å². The van der Waals surface area contributed by atoms with Crippen molar-refractivity contribution >= 4 is 5.91 Å². The van der Waals surface area contributed by atoms with Gasteiger partial charge in [-0.2, -0.15) is 0 Å². The molecule has 3 rings (SSSR count). The van der Waals surface area contributed by atoms with Crippen LogP contribution in [0, 0.1) is 5.92 Å². The lowest BCUT2D eigenvalue weighted by Gasteiger charge is -2.25.